The molecule has 0 atom stereocenters. The summed E-state index contributed by atoms with van der Waals surface area (Å²) < 4.78 is 27.7. The number of ether oxygens (including phenoxy) is 1. The summed E-state index contributed by atoms with van der Waals surface area (Å²) in [5.41, 5.74) is 0.0413. The summed E-state index contributed by atoms with van der Waals surface area (Å²) in [7, 11) is 2.92. The second-order valence-electron chi connectivity index (χ2n) is 4.27. The highest BCUT2D eigenvalue weighted by atomic mass is 35.7. The normalized spacial score (nSPS) is 11.6. The van der Waals surface area contributed by atoms with E-state index in [1.165, 1.54) is 6.92 Å². The van der Waals surface area contributed by atoms with E-state index in [9.17, 15) is 13.2 Å². The summed E-state index contributed by atoms with van der Waals surface area (Å²) in [6.45, 7) is 2.61. The number of methoxy groups -OCH3 is 1. The number of aryl methyl sites for hydroxylation is 1. The molecule has 0 aliphatic heterocycles. The van der Waals surface area contributed by atoms with Gasteiger partial charge in [0.2, 0.25) is 0 Å². The fourth-order valence-electron chi connectivity index (χ4n) is 1.70. The van der Waals surface area contributed by atoms with Gasteiger partial charge < -0.3 is 10.1 Å². The molecule has 0 aliphatic carbocycles. The van der Waals surface area contributed by atoms with E-state index in [0.29, 0.717) is 13.2 Å². The molecule has 0 radical (unpaired) electrons. The van der Waals surface area contributed by atoms with E-state index in [1.54, 1.807) is 7.11 Å². The smallest absolute Gasteiger partial charge is 0.273 e. The van der Waals surface area contributed by atoms with Crippen molar-refractivity contribution in [1.82, 2.24) is 15.5 Å². The lowest BCUT2D eigenvalue weighted by molar-refractivity contribution is 0.0944. The molecular formula is C11H18ClN3O4S. The summed E-state index contributed by atoms with van der Waals surface area (Å²) in [5, 5.41) is 8.76. The van der Waals surface area contributed by atoms with Crippen molar-refractivity contribution >= 4 is 25.6 Å². The molecule has 9 heteroatoms. The molecule has 1 rings (SSSR count). The number of amides is 1. The van der Waals surface area contributed by atoms with Crippen LogP contribution in [0, 0.1) is 6.92 Å². The van der Waals surface area contributed by atoms with Crippen LogP contribution in [0.5, 0.6) is 0 Å². The van der Waals surface area contributed by atoms with Gasteiger partial charge in [0.25, 0.3) is 15.0 Å². The predicted molar refractivity (Wildman–Crippen MR) is 74.4 cm³/mol. The number of aromatic nitrogens is 2. The van der Waals surface area contributed by atoms with E-state index >= 15 is 0 Å². The highest BCUT2D eigenvalue weighted by Crippen LogP contribution is 2.21. The number of carbonyl (C=O) groups excluding carboxylic acids is 1. The average molecular weight is 324 g/mol. The van der Waals surface area contributed by atoms with Crippen LogP contribution in [-0.2, 0) is 13.8 Å². The quantitative estimate of drug-likeness (QED) is 0.553. The molecule has 2 N–H and O–H groups in total. The van der Waals surface area contributed by atoms with Crippen LogP contribution in [0.3, 0.4) is 0 Å². The Morgan fingerprint density at radius 1 is 1.40 bits per heavy atom. The van der Waals surface area contributed by atoms with E-state index in [0.717, 1.165) is 19.3 Å². The number of aromatic amines is 1. The SMILES string of the molecule is COCCCCCNC(=O)c1n[nH]c(C)c1S(=O)(=O)Cl. The van der Waals surface area contributed by atoms with Crippen LogP contribution >= 0.6 is 10.7 Å². The Hall–Kier alpha value is -1.12. The number of halogens is 1. The van der Waals surface area contributed by atoms with Crippen molar-refractivity contribution in [3.63, 3.8) is 0 Å². The maximum atomic E-state index is 11.9. The molecule has 0 aromatic carbocycles. The maximum absolute atomic E-state index is 11.9. The number of carbonyl (C=O) groups is 1. The Balaban J connectivity index is 2.57. The van der Waals surface area contributed by atoms with Gasteiger partial charge in [0, 0.05) is 30.9 Å². The molecule has 1 aromatic heterocycles. The third-order valence-electron chi connectivity index (χ3n) is 2.66. The molecule has 0 aliphatic rings. The van der Waals surface area contributed by atoms with Gasteiger partial charge in [-0.1, -0.05) is 0 Å². The van der Waals surface area contributed by atoms with Gasteiger partial charge >= 0.3 is 0 Å². The number of rotatable bonds is 8. The minimum Gasteiger partial charge on any atom is -0.385 e. The zero-order valence-corrected chi connectivity index (χ0v) is 13.0. The van der Waals surface area contributed by atoms with Gasteiger partial charge in [-0.25, -0.2) is 8.42 Å². The number of hydrogen-bond acceptors (Lipinski definition) is 5. The fourth-order valence-corrected chi connectivity index (χ4v) is 3.05. The van der Waals surface area contributed by atoms with E-state index < -0.39 is 15.0 Å². The first kappa shape index (κ1) is 16.9. The molecule has 1 amide bonds. The monoisotopic (exact) mass is 323 g/mol. The van der Waals surface area contributed by atoms with Gasteiger partial charge in [-0.05, 0) is 26.2 Å². The minimum absolute atomic E-state index is 0.200. The van der Waals surface area contributed by atoms with Gasteiger partial charge in [0.1, 0.15) is 4.90 Å². The summed E-state index contributed by atoms with van der Waals surface area (Å²) >= 11 is 0. The number of unbranched alkanes of at least 4 members (excludes halogenated alkanes) is 2. The molecule has 1 aromatic rings. The first-order valence-corrected chi connectivity index (χ1v) is 8.45. The van der Waals surface area contributed by atoms with Crippen LogP contribution < -0.4 is 5.32 Å². The van der Waals surface area contributed by atoms with Crippen LogP contribution in [0.1, 0.15) is 35.4 Å². The zero-order chi connectivity index (χ0) is 15.2. The van der Waals surface area contributed by atoms with Crippen LogP contribution in [0.25, 0.3) is 0 Å². The molecule has 114 valence electrons. The largest absolute Gasteiger partial charge is 0.385 e. The van der Waals surface area contributed by atoms with Crippen LogP contribution in [0.15, 0.2) is 4.90 Å². The van der Waals surface area contributed by atoms with Gasteiger partial charge in [-0.3, -0.25) is 9.89 Å². The maximum Gasteiger partial charge on any atom is 0.273 e. The van der Waals surface area contributed by atoms with Gasteiger partial charge in [-0.2, -0.15) is 5.10 Å². The van der Waals surface area contributed by atoms with Crippen molar-refractivity contribution in [1.29, 1.82) is 0 Å². The summed E-state index contributed by atoms with van der Waals surface area (Å²) in [5.74, 6) is -0.555. The number of hydrogen-bond donors (Lipinski definition) is 2. The van der Waals surface area contributed by atoms with Crippen molar-refractivity contribution in [2.24, 2.45) is 0 Å². The number of nitrogens with one attached hydrogen (secondary N) is 2. The zero-order valence-electron chi connectivity index (χ0n) is 11.4. The highest BCUT2D eigenvalue weighted by molar-refractivity contribution is 8.13. The standard InChI is InChI=1S/C11H18ClN3O4S/c1-8-10(20(12,17)18)9(15-14-8)11(16)13-6-4-3-5-7-19-2/h3-7H2,1-2H3,(H,13,16)(H,14,15). The van der Waals surface area contributed by atoms with Gasteiger partial charge in [0.05, 0.1) is 5.69 Å². The van der Waals surface area contributed by atoms with Crippen LogP contribution in [0.4, 0.5) is 0 Å². The molecule has 1 heterocycles. The van der Waals surface area contributed by atoms with E-state index in [2.05, 4.69) is 15.5 Å². The topological polar surface area (TPSA) is 101 Å². The van der Waals surface area contributed by atoms with Crippen molar-refractivity contribution < 1.29 is 17.9 Å². The Labute approximate surface area is 122 Å². The molecular weight excluding hydrogens is 306 g/mol. The molecule has 0 fully saturated rings. The first-order chi connectivity index (χ1) is 9.38. The van der Waals surface area contributed by atoms with Crippen molar-refractivity contribution in [3.05, 3.63) is 11.4 Å². The lowest BCUT2D eigenvalue weighted by Gasteiger charge is -2.04. The molecule has 0 saturated carbocycles. The molecule has 20 heavy (non-hydrogen) atoms. The van der Waals surface area contributed by atoms with E-state index in [1.807, 2.05) is 0 Å². The van der Waals surface area contributed by atoms with E-state index in [4.69, 9.17) is 15.4 Å². The Bertz CT molecular complexity index is 556. The third kappa shape index (κ3) is 4.77. The van der Waals surface area contributed by atoms with Gasteiger partial charge in [0.15, 0.2) is 5.69 Å². The second kappa shape index (κ2) is 7.61. The highest BCUT2D eigenvalue weighted by Gasteiger charge is 2.26. The molecule has 0 spiro atoms. The number of nitrogens with zero attached hydrogens (tertiary/aromatic N) is 1. The summed E-state index contributed by atoms with van der Waals surface area (Å²) in [4.78, 5) is 11.6. The minimum atomic E-state index is -4.01. The van der Waals surface area contributed by atoms with E-state index in [-0.39, 0.29) is 16.3 Å². The molecule has 7 nitrogen and oxygen atoms in total. The first-order valence-electron chi connectivity index (χ1n) is 6.14. The molecule has 0 bridgehead atoms. The predicted octanol–water partition coefficient (Wildman–Crippen LogP) is 1.19. The van der Waals surface area contributed by atoms with Crippen LogP contribution in [0.2, 0.25) is 0 Å². The summed E-state index contributed by atoms with van der Waals surface area (Å²) in [6, 6.07) is 0. The number of H-pyrrole nitrogens is 1. The van der Waals surface area contributed by atoms with Crippen molar-refractivity contribution in [2.45, 2.75) is 31.1 Å². The Morgan fingerprint density at radius 3 is 2.70 bits per heavy atom. The molecule has 0 unspecified atom stereocenters. The lowest BCUT2D eigenvalue weighted by atomic mass is 10.2. The second-order valence-corrected chi connectivity index (χ2v) is 6.78. The summed E-state index contributed by atoms with van der Waals surface area (Å²) in [6.07, 6.45) is 2.60. The fraction of sp³-hybridized carbons (Fsp3) is 0.636. The van der Waals surface area contributed by atoms with Gasteiger partial charge in [-0.15, -0.1) is 0 Å². The van der Waals surface area contributed by atoms with Crippen molar-refractivity contribution in [3.8, 4) is 0 Å². The van der Waals surface area contributed by atoms with Crippen molar-refractivity contribution in [2.75, 3.05) is 20.3 Å². The van der Waals surface area contributed by atoms with Crippen LogP contribution in [-0.4, -0.2) is 44.8 Å². The average Bonchev–Trinajstić information content (AvgIpc) is 2.75. The third-order valence-corrected chi connectivity index (χ3v) is 4.11. The molecule has 0 saturated heterocycles. The lowest BCUT2D eigenvalue weighted by Crippen LogP contribution is -2.26. The Kier molecular flexibility index (Phi) is 6.44. The Morgan fingerprint density at radius 2 is 2.10 bits per heavy atom.